The molecule has 1 unspecified atom stereocenters. The van der Waals surface area contributed by atoms with Gasteiger partial charge in [0.05, 0.1) is 10.9 Å². The van der Waals surface area contributed by atoms with Gasteiger partial charge in [-0.05, 0) is 74.7 Å². The number of carboxylic acid groups (broad SMARTS) is 1. The number of nitrogens with one attached hydrogen (secondary N) is 2. The number of ether oxygens (including phenoxy) is 3. The predicted molar refractivity (Wildman–Crippen MR) is 232 cm³/mol. The van der Waals surface area contributed by atoms with Crippen molar-refractivity contribution in [3.8, 4) is 22.6 Å². The molecule has 0 bridgehead atoms. The molecule has 3 aromatic carbocycles. The van der Waals surface area contributed by atoms with E-state index in [2.05, 4.69) is 10.3 Å². The fraction of sp³-hybridized carbons (Fsp3) is 0.404. The summed E-state index contributed by atoms with van der Waals surface area (Å²) in [7, 11) is 0. The Labute approximate surface area is 377 Å². The number of hydroxylamine groups is 2. The van der Waals surface area contributed by atoms with Crippen LogP contribution in [0.1, 0.15) is 48.8 Å². The number of phenolic OH excluding ortho intramolecular Hbond substituents is 1. The third-order valence-corrected chi connectivity index (χ3v) is 12.4. The number of aliphatic hydroxyl groups is 6. The lowest BCUT2D eigenvalue weighted by Crippen LogP contribution is -3.08. The number of allylic oxidation sites excluding steroid dienone is 1. The Morgan fingerprint density at radius 3 is 2.35 bits per heavy atom. The monoisotopic (exact) mass is 914 g/mol. The van der Waals surface area contributed by atoms with Crippen molar-refractivity contribution >= 4 is 34.8 Å². The molecule has 2 fully saturated rings. The number of fused-ring (bicyclic) bond motifs is 2. The van der Waals surface area contributed by atoms with Crippen LogP contribution in [-0.2, 0) is 23.9 Å². The number of aryl methyl sites for hydroxylation is 2. The molecular weight excluding hydrogens is 863 g/mol. The molecule has 4 aliphatic rings. The standard InChI is InChI=1S/C47H51N3O16/c1-24-17-25(2)19-28(18-24)37-36-27(13-15-48-36)21-50(37)66-41-39(55)40(56)42(47(61,23-52)65-44(59)35(43(57)58)46(60,14-16-51)49-29-5-3-4-6-29)64-45(41)63-31-11-12-32-34(20-31)62-22-33(38(32)54)26-7-9-30(53)10-8-26/h7-13,15,17-20,22,29,35,39-42,45,49,51-53,55-56,60-61H,3-6,14,16,21,23H2,1-2H3,(H,57,58)/p+1/t35-,39+,40+,41-,42+,45-,46-,47+/m0/s1. The van der Waals surface area contributed by atoms with Gasteiger partial charge in [0.25, 0.3) is 5.79 Å². The van der Waals surface area contributed by atoms with Gasteiger partial charge in [0.2, 0.25) is 12.4 Å². The van der Waals surface area contributed by atoms with Gasteiger partial charge >= 0.3 is 11.9 Å². The van der Waals surface area contributed by atoms with Crippen molar-refractivity contribution in [2.75, 3.05) is 19.8 Å². The van der Waals surface area contributed by atoms with Crippen LogP contribution >= 0.6 is 0 Å². The quantitative estimate of drug-likeness (QED) is 0.0421. The number of aromatic hydroxyl groups is 1. The van der Waals surface area contributed by atoms with E-state index in [1.54, 1.807) is 18.3 Å². The fourth-order valence-electron chi connectivity index (χ4n) is 9.20. The second-order valence-corrected chi connectivity index (χ2v) is 17.2. The van der Waals surface area contributed by atoms with E-state index in [4.69, 9.17) is 23.5 Å². The number of benzene rings is 3. The van der Waals surface area contributed by atoms with E-state index in [9.17, 15) is 55.2 Å². The summed E-state index contributed by atoms with van der Waals surface area (Å²) >= 11 is 0. The zero-order valence-corrected chi connectivity index (χ0v) is 36.0. The van der Waals surface area contributed by atoms with Crippen LogP contribution in [0.5, 0.6) is 11.5 Å². The zero-order chi connectivity index (χ0) is 47.1. The first kappa shape index (κ1) is 46.7. The Morgan fingerprint density at radius 1 is 0.970 bits per heavy atom. The van der Waals surface area contributed by atoms with Gasteiger partial charge in [-0.15, -0.1) is 0 Å². The van der Waals surface area contributed by atoms with Crippen LogP contribution in [0.3, 0.4) is 0 Å². The topological polar surface area (TPSA) is 292 Å². The van der Waals surface area contributed by atoms with Gasteiger partial charge in [-0.1, -0.05) is 42.2 Å². The van der Waals surface area contributed by atoms with Crippen molar-refractivity contribution in [2.45, 2.75) is 94.2 Å². The van der Waals surface area contributed by atoms with Gasteiger partial charge in [0.1, 0.15) is 60.1 Å². The summed E-state index contributed by atoms with van der Waals surface area (Å²) < 4.78 is 23.5. The Morgan fingerprint density at radius 2 is 1.68 bits per heavy atom. The van der Waals surface area contributed by atoms with Crippen LogP contribution in [0.4, 0.5) is 0 Å². The number of carboxylic acids is 1. The maximum Gasteiger partial charge on any atom is 0.327 e. The van der Waals surface area contributed by atoms with Gasteiger partial charge in [-0.2, -0.15) is 9.90 Å². The van der Waals surface area contributed by atoms with Crippen LogP contribution in [-0.4, -0.2) is 127 Å². The molecule has 1 saturated heterocycles. The molecule has 3 aliphatic heterocycles. The Balaban J connectivity index is 1.14. The lowest BCUT2D eigenvalue weighted by atomic mass is 9.90. The van der Waals surface area contributed by atoms with E-state index in [0.717, 1.165) is 35.1 Å². The highest BCUT2D eigenvalue weighted by Gasteiger charge is 2.60. The number of carbonyl (C=O) groups is 2. The highest BCUT2D eigenvalue weighted by Crippen LogP contribution is 2.36. The molecule has 19 heteroatoms. The number of aliphatic carboxylic acids is 1. The average molecular weight is 915 g/mol. The van der Waals surface area contributed by atoms with E-state index >= 15 is 0 Å². The number of rotatable bonds is 16. The SMILES string of the molecule is Cc1cc(C)cc(C2=C3N=CC=C3C[NH+]2O[C@@H]2[C@@H](Oc3ccc4c(=O)c(-c5ccc(O)cc5)coc4c3)O[C@@H]([C@@](O)(CO)OC(=O)[C@H](C(=O)O)[C@@](O)(CCO)NC3CCCC3)[C@H](O)[C@H]2O)c1. The predicted octanol–water partition coefficient (Wildman–Crippen LogP) is 0.714. The van der Waals surface area contributed by atoms with Gasteiger partial charge in [0.15, 0.2) is 23.1 Å². The normalized spacial score (nSPS) is 25.3. The number of aliphatic hydroxyl groups excluding tert-OH is 4. The number of quaternary nitrogens is 1. The first-order valence-corrected chi connectivity index (χ1v) is 21.5. The van der Waals surface area contributed by atoms with Crippen molar-refractivity contribution in [2.24, 2.45) is 10.9 Å². The van der Waals surface area contributed by atoms with E-state index in [1.807, 2.05) is 38.1 Å². The van der Waals surface area contributed by atoms with Crippen molar-refractivity contribution in [1.82, 2.24) is 5.32 Å². The maximum absolute atomic E-state index is 13.9. The Hall–Kier alpha value is -5.84. The minimum atomic E-state index is -3.31. The summed E-state index contributed by atoms with van der Waals surface area (Å²) in [6.45, 7) is 1.77. The largest absolute Gasteiger partial charge is 0.508 e. The second kappa shape index (κ2) is 18.8. The summed E-state index contributed by atoms with van der Waals surface area (Å²) in [6.07, 6.45) is -3.41. The van der Waals surface area contributed by atoms with Crippen LogP contribution in [0.2, 0.25) is 0 Å². The molecule has 1 aromatic heterocycles. The molecule has 4 heterocycles. The summed E-state index contributed by atoms with van der Waals surface area (Å²) in [5.74, 6) is -9.50. The van der Waals surface area contributed by atoms with Gasteiger partial charge < -0.3 is 59.5 Å². The first-order valence-electron chi connectivity index (χ1n) is 21.5. The van der Waals surface area contributed by atoms with E-state index in [0.29, 0.717) is 34.9 Å². The molecule has 10 N–H and O–H groups in total. The van der Waals surface area contributed by atoms with Gasteiger partial charge in [-0.25, -0.2) is 4.99 Å². The van der Waals surface area contributed by atoms with Crippen molar-refractivity contribution < 1.29 is 79.0 Å². The number of esters is 1. The minimum absolute atomic E-state index is 0.00727. The van der Waals surface area contributed by atoms with Crippen molar-refractivity contribution in [3.63, 3.8) is 0 Å². The average Bonchev–Trinajstić information content (AvgIpc) is 4.02. The van der Waals surface area contributed by atoms with E-state index < -0.39 is 91.2 Å². The second-order valence-electron chi connectivity index (χ2n) is 17.2. The fourth-order valence-corrected chi connectivity index (χ4v) is 9.20. The highest BCUT2D eigenvalue weighted by atomic mass is 16.8. The molecule has 66 heavy (non-hydrogen) atoms. The lowest BCUT2D eigenvalue weighted by molar-refractivity contribution is -1.04. The van der Waals surface area contributed by atoms with Gasteiger partial charge in [0, 0.05) is 42.5 Å². The Bertz CT molecular complexity index is 2620. The third-order valence-electron chi connectivity index (χ3n) is 12.4. The maximum atomic E-state index is 13.9. The molecule has 1 aliphatic carbocycles. The number of hydrogen-bond acceptors (Lipinski definition) is 17. The summed E-state index contributed by atoms with van der Waals surface area (Å²) in [5.41, 5.74) is 2.39. The molecule has 0 amide bonds. The minimum Gasteiger partial charge on any atom is -0.508 e. The molecule has 350 valence electrons. The number of phenols is 1. The Kier molecular flexibility index (Phi) is 13.3. The molecule has 19 nitrogen and oxygen atoms in total. The number of carbonyl (C=O) groups excluding carboxylic acids is 1. The van der Waals surface area contributed by atoms with Gasteiger partial charge in [-0.3, -0.25) is 19.7 Å². The van der Waals surface area contributed by atoms with Crippen molar-refractivity contribution in [1.29, 1.82) is 0 Å². The molecule has 8 rings (SSSR count). The van der Waals surface area contributed by atoms with Crippen LogP contribution < -0.4 is 20.5 Å². The van der Waals surface area contributed by atoms with Crippen LogP contribution in [0, 0.1) is 19.8 Å². The highest BCUT2D eigenvalue weighted by molar-refractivity contribution is 5.95. The van der Waals surface area contributed by atoms with E-state index in [1.165, 1.54) is 36.6 Å². The number of aliphatic imine (C=N–C) groups is 1. The summed E-state index contributed by atoms with van der Waals surface area (Å²) in [5, 5.41) is 90.9. The molecule has 9 atom stereocenters. The summed E-state index contributed by atoms with van der Waals surface area (Å²) in [6, 6.07) is 15.5. The molecule has 0 radical (unpaired) electrons. The molecule has 0 spiro atoms. The zero-order valence-electron chi connectivity index (χ0n) is 36.0. The van der Waals surface area contributed by atoms with Crippen molar-refractivity contribution in [3.05, 3.63) is 111 Å². The van der Waals surface area contributed by atoms with E-state index in [-0.39, 0.29) is 34.6 Å². The summed E-state index contributed by atoms with van der Waals surface area (Å²) in [4.78, 5) is 51.3. The first-order chi connectivity index (χ1) is 31.5. The molecular formula is C47H52N3O16+. The lowest BCUT2D eigenvalue weighted by Gasteiger charge is -2.46. The van der Waals surface area contributed by atoms with Crippen LogP contribution in [0.15, 0.2) is 98.5 Å². The smallest absolute Gasteiger partial charge is 0.327 e. The number of nitrogens with zero attached hydrogens (tertiary/aromatic N) is 1. The third kappa shape index (κ3) is 9.14. The molecule has 1 saturated carbocycles. The number of hydrogen-bond donors (Lipinski definition) is 10. The molecule has 4 aromatic rings. The van der Waals surface area contributed by atoms with Crippen LogP contribution in [0.25, 0.3) is 27.8 Å².